The van der Waals surface area contributed by atoms with Crippen LogP contribution in [-0.2, 0) is 6.42 Å². The molecule has 1 aromatic carbocycles. The summed E-state index contributed by atoms with van der Waals surface area (Å²) in [6.45, 7) is 0. The van der Waals surface area contributed by atoms with E-state index in [0.717, 1.165) is 12.1 Å². The Morgan fingerprint density at radius 3 is 2.78 bits per heavy atom. The highest BCUT2D eigenvalue weighted by Crippen LogP contribution is 2.18. The summed E-state index contributed by atoms with van der Waals surface area (Å²) >= 11 is 0. The Morgan fingerprint density at radius 1 is 1.28 bits per heavy atom. The van der Waals surface area contributed by atoms with Crippen molar-refractivity contribution in [2.45, 2.75) is 12.5 Å². The summed E-state index contributed by atoms with van der Waals surface area (Å²) in [6, 6.07) is 3.25. The Bertz CT molecular complexity index is 517. The Labute approximate surface area is 104 Å². The van der Waals surface area contributed by atoms with Gasteiger partial charge in [-0.3, -0.25) is 9.97 Å². The first kappa shape index (κ1) is 12.6. The standard InChI is InChI=1S/C13H13F2N3/c1-16-12(13-8-17-4-5-18-13)7-9-6-10(14)2-3-11(9)15/h2-6,8,12,16H,7H2,1H3. The van der Waals surface area contributed by atoms with Crippen LogP contribution in [0.3, 0.4) is 0 Å². The van der Waals surface area contributed by atoms with E-state index in [1.807, 2.05) is 0 Å². The number of hydrogen-bond acceptors (Lipinski definition) is 3. The topological polar surface area (TPSA) is 37.8 Å². The van der Waals surface area contributed by atoms with Crippen LogP contribution in [0.2, 0.25) is 0 Å². The number of hydrogen-bond donors (Lipinski definition) is 1. The Balaban J connectivity index is 2.23. The van der Waals surface area contributed by atoms with Gasteiger partial charge in [0.15, 0.2) is 0 Å². The minimum absolute atomic E-state index is 0.199. The number of benzene rings is 1. The van der Waals surface area contributed by atoms with Gasteiger partial charge in [0.05, 0.1) is 11.7 Å². The molecule has 0 aliphatic carbocycles. The molecule has 94 valence electrons. The van der Waals surface area contributed by atoms with E-state index in [9.17, 15) is 8.78 Å². The molecule has 0 spiro atoms. The minimum Gasteiger partial charge on any atom is -0.311 e. The molecule has 1 unspecified atom stereocenters. The summed E-state index contributed by atoms with van der Waals surface area (Å²) in [5, 5.41) is 3.02. The largest absolute Gasteiger partial charge is 0.311 e. The predicted molar refractivity (Wildman–Crippen MR) is 63.9 cm³/mol. The molecule has 1 N–H and O–H groups in total. The fourth-order valence-electron chi connectivity index (χ4n) is 1.76. The maximum atomic E-state index is 13.6. The third-order valence-corrected chi connectivity index (χ3v) is 2.72. The number of nitrogens with zero attached hydrogens (tertiary/aromatic N) is 2. The lowest BCUT2D eigenvalue weighted by molar-refractivity contribution is 0.535. The molecule has 2 aromatic rings. The average molecular weight is 249 g/mol. The first-order chi connectivity index (χ1) is 8.70. The third kappa shape index (κ3) is 2.87. The van der Waals surface area contributed by atoms with Crippen LogP contribution in [0.5, 0.6) is 0 Å². The first-order valence-electron chi connectivity index (χ1n) is 5.58. The van der Waals surface area contributed by atoms with E-state index < -0.39 is 11.6 Å². The van der Waals surface area contributed by atoms with Crippen LogP contribution < -0.4 is 5.32 Å². The van der Waals surface area contributed by atoms with Gasteiger partial charge in [0.2, 0.25) is 0 Å². The highest BCUT2D eigenvalue weighted by atomic mass is 19.1. The second-order valence-corrected chi connectivity index (χ2v) is 3.91. The van der Waals surface area contributed by atoms with E-state index in [1.54, 1.807) is 25.6 Å². The van der Waals surface area contributed by atoms with Crippen molar-refractivity contribution in [3.05, 3.63) is 59.7 Å². The van der Waals surface area contributed by atoms with Crippen LogP contribution >= 0.6 is 0 Å². The molecule has 0 bridgehead atoms. The molecule has 0 saturated heterocycles. The molecule has 0 radical (unpaired) electrons. The molecule has 1 heterocycles. The van der Waals surface area contributed by atoms with Crippen molar-refractivity contribution in [1.29, 1.82) is 0 Å². The van der Waals surface area contributed by atoms with E-state index in [0.29, 0.717) is 17.7 Å². The Hall–Kier alpha value is -1.88. The monoisotopic (exact) mass is 249 g/mol. The molecular weight excluding hydrogens is 236 g/mol. The third-order valence-electron chi connectivity index (χ3n) is 2.72. The average Bonchev–Trinajstić information content (AvgIpc) is 2.41. The van der Waals surface area contributed by atoms with E-state index in [2.05, 4.69) is 15.3 Å². The highest BCUT2D eigenvalue weighted by molar-refractivity contribution is 5.21. The minimum atomic E-state index is -0.444. The number of aromatic nitrogens is 2. The van der Waals surface area contributed by atoms with Gasteiger partial charge in [-0.15, -0.1) is 0 Å². The Morgan fingerprint density at radius 2 is 2.11 bits per heavy atom. The number of halogens is 2. The van der Waals surface area contributed by atoms with Crippen LogP contribution in [-0.4, -0.2) is 17.0 Å². The molecule has 0 amide bonds. The summed E-state index contributed by atoms with van der Waals surface area (Å²) < 4.78 is 26.6. The van der Waals surface area contributed by atoms with E-state index in [1.165, 1.54) is 6.07 Å². The number of likely N-dealkylation sites (N-methyl/N-ethyl adjacent to an activating group) is 1. The molecule has 1 atom stereocenters. The lowest BCUT2D eigenvalue weighted by atomic mass is 10.0. The van der Waals surface area contributed by atoms with Crippen LogP contribution in [0.25, 0.3) is 0 Å². The maximum absolute atomic E-state index is 13.6. The smallest absolute Gasteiger partial charge is 0.126 e. The molecule has 1 aromatic heterocycles. The quantitative estimate of drug-likeness (QED) is 0.903. The van der Waals surface area contributed by atoms with Crippen LogP contribution in [0.4, 0.5) is 8.78 Å². The van der Waals surface area contributed by atoms with Crippen molar-refractivity contribution in [2.75, 3.05) is 7.05 Å². The first-order valence-corrected chi connectivity index (χ1v) is 5.58. The van der Waals surface area contributed by atoms with Crippen molar-refractivity contribution in [1.82, 2.24) is 15.3 Å². The fraction of sp³-hybridized carbons (Fsp3) is 0.231. The zero-order valence-electron chi connectivity index (χ0n) is 9.90. The molecule has 0 aliphatic heterocycles. The van der Waals surface area contributed by atoms with Gasteiger partial charge in [-0.25, -0.2) is 8.78 Å². The van der Waals surface area contributed by atoms with Gasteiger partial charge in [0.1, 0.15) is 11.6 Å². The summed E-state index contributed by atoms with van der Waals surface area (Å²) in [6.07, 6.45) is 5.07. The highest BCUT2D eigenvalue weighted by Gasteiger charge is 2.14. The molecule has 3 nitrogen and oxygen atoms in total. The molecule has 18 heavy (non-hydrogen) atoms. The molecule has 2 rings (SSSR count). The van der Waals surface area contributed by atoms with Gasteiger partial charge in [-0.2, -0.15) is 0 Å². The number of nitrogens with one attached hydrogen (secondary N) is 1. The predicted octanol–water partition coefficient (Wildman–Crippen LogP) is 2.26. The van der Waals surface area contributed by atoms with Crippen molar-refractivity contribution in [2.24, 2.45) is 0 Å². The fourth-order valence-corrected chi connectivity index (χ4v) is 1.76. The Kier molecular flexibility index (Phi) is 3.94. The van der Waals surface area contributed by atoms with Crippen molar-refractivity contribution in [3.8, 4) is 0 Å². The van der Waals surface area contributed by atoms with Gasteiger partial charge in [-0.05, 0) is 37.2 Å². The molecule has 0 saturated carbocycles. The van der Waals surface area contributed by atoms with E-state index in [-0.39, 0.29) is 6.04 Å². The second kappa shape index (κ2) is 5.64. The van der Waals surface area contributed by atoms with E-state index >= 15 is 0 Å². The molecule has 0 fully saturated rings. The van der Waals surface area contributed by atoms with Gasteiger partial charge in [0.25, 0.3) is 0 Å². The van der Waals surface area contributed by atoms with Gasteiger partial charge in [0, 0.05) is 18.6 Å². The van der Waals surface area contributed by atoms with Crippen molar-refractivity contribution >= 4 is 0 Å². The zero-order chi connectivity index (χ0) is 13.0. The van der Waals surface area contributed by atoms with Crippen LogP contribution in [0.15, 0.2) is 36.8 Å². The SMILES string of the molecule is CNC(Cc1cc(F)ccc1F)c1cnccn1. The van der Waals surface area contributed by atoms with Crippen molar-refractivity contribution in [3.63, 3.8) is 0 Å². The summed E-state index contributed by atoms with van der Waals surface area (Å²) in [5.41, 5.74) is 1.02. The van der Waals surface area contributed by atoms with E-state index in [4.69, 9.17) is 0 Å². The summed E-state index contributed by atoms with van der Waals surface area (Å²) in [4.78, 5) is 8.12. The molecular formula is C13H13F2N3. The van der Waals surface area contributed by atoms with Crippen LogP contribution in [0.1, 0.15) is 17.3 Å². The summed E-state index contributed by atoms with van der Waals surface area (Å²) in [7, 11) is 1.75. The molecule has 0 aliphatic rings. The van der Waals surface area contributed by atoms with Gasteiger partial charge in [-0.1, -0.05) is 0 Å². The van der Waals surface area contributed by atoms with Crippen molar-refractivity contribution < 1.29 is 8.78 Å². The van der Waals surface area contributed by atoms with Crippen LogP contribution in [0, 0.1) is 11.6 Å². The summed E-state index contributed by atoms with van der Waals surface area (Å²) in [5.74, 6) is -0.860. The normalized spacial score (nSPS) is 12.4. The second-order valence-electron chi connectivity index (χ2n) is 3.91. The lowest BCUT2D eigenvalue weighted by Crippen LogP contribution is -2.20. The molecule has 5 heteroatoms. The lowest BCUT2D eigenvalue weighted by Gasteiger charge is -2.15. The number of rotatable bonds is 4. The zero-order valence-corrected chi connectivity index (χ0v) is 9.90. The van der Waals surface area contributed by atoms with Gasteiger partial charge >= 0.3 is 0 Å². The maximum Gasteiger partial charge on any atom is 0.126 e. The van der Waals surface area contributed by atoms with Gasteiger partial charge < -0.3 is 5.32 Å².